The first-order chi connectivity index (χ1) is 18.0. The molecule has 0 bridgehead atoms. The number of fused-ring (bicyclic) bond motifs is 1. The second-order valence-electron chi connectivity index (χ2n) is 10.1. The van der Waals surface area contributed by atoms with Crippen LogP contribution in [0.25, 0.3) is 11.0 Å². The van der Waals surface area contributed by atoms with E-state index in [0.29, 0.717) is 6.54 Å². The number of nitrogens with two attached hydrogens (primary N) is 1. The van der Waals surface area contributed by atoms with Crippen molar-refractivity contribution in [2.24, 2.45) is 0 Å². The molecule has 2 aromatic heterocycles. The maximum Gasteiger partial charge on any atom is 0.222 e. The highest BCUT2D eigenvalue weighted by atomic mass is 16.5. The fourth-order valence-corrected chi connectivity index (χ4v) is 5.47. The molecule has 0 aliphatic carbocycles. The van der Waals surface area contributed by atoms with Crippen LogP contribution in [0.5, 0.6) is 11.5 Å². The number of benzene rings is 1. The molecule has 0 radical (unpaired) electrons. The Labute approximate surface area is 218 Å². The van der Waals surface area contributed by atoms with Gasteiger partial charge in [-0.1, -0.05) is 19.8 Å². The molecule has 2 aliphatic rings. The average molecular weight is 510 g/mol. The van der Waals surface area contributed by atoms with Crippen molar-refractivity contribution in [1.82, 2.24) is 24.8 Å². The number of nitrogens with one attached hydrogen (secondary N) is 2. The molecule has 1 aromatic carbocycles. The Morgan fingerprint density at radius 3 is 2.59 bits per heavy atom. The van der Waals surface area contributed by atoms with Gasteiger partial charge in [-0.15, -0.1) is 0 Å². The quantitative estimate of drug-likeness (QED) is 0.336. The third kappa shape index (κ3) is 5.46. The fourth-order valence-electron chi connectivity index (χ4n) is 5.47. The molecule has 2 saturated heterocycles. The minimum Gasteiger partial charge on any atom is -0.496 e. The predicted molar refractivity (Wildman–Crippen MR) is 145 cm³/mol. The van der Waals surface area contributed by atoms with Gasteiger partial charge in [-0.2, -0.15) is 4.98 Å². The lowest BCUT2D eigenvalue weighted by molar-refractivity contribution is -0.158. The van der Waals surface area contributed by atoms with Gasteiger partial charge in [-0.25, -0.2) is 4.98 Å². The Hall–Kier alpha value is -3.08. The van der Waals surface area contributed by atoms with Crippen LogP contribution in [0.4, 0.5) is 11.8 Å². The van der Waals surface area contributed by atoms with Crippen molar-refractivity contribution < 1.29 is 14.2 Å². The summed E-state index contributed by atoms with van der Waals surface area (Å²) in [6.07, 6.45) is 5.42. The van der Waals surface area contributed by atoms with Crippen molar-refractivity contribution in [1.29, 1.82) is 0 Å². The van der Waals surface area contributed by atoms with E-state index in [1.807, 2.05) is 12.3 Å². The van der Waals surface area contributed by atoms with Gasteiger partial charge in [0.15, 0.2) is 5.82 Å². The van der Waals surface area contributed by atoms with Gasteiger partial charge in [0.25, 0.3) is 0 Å². The Bertz CT molecular complexity index is 1190. The van der Waals surface area contributed by atoms with Crippen LogP contribution in [0.3, 0.4) is 0 Å². The van der Waals surface area contributed by atoms with Crippen LogP contribution in [-0.4, -0.2) is 78.6 Å². The maximum atomic E-state index is 6.05. The topological polar surface area (TPSA) is 112 Å². The van der Waals surface area contributed by atoms with Gasteiger partial charge < -0.3 is 35.1 Å². The van der Waals surface area contributed by atoms with Gasteiger partial charge in [0.1, 0.15) is 22.6 Å². The number of hydrogen-bond acceptors (Lipinski definition) is 9. The number of nitrogen functional groups attached to an aromatic ring is 1. The number of anilines is 2. The SMILES string of the molecule is CCCCCNc1nc(N)nc2ccn(Cc3c(OC)cc(CN4CC5(CNCCO5)C4)cc3OC)c12. The van der Waals surface area contributed by atoms with Crippen molar-refractivity contribution >= 4 is 22.8 Å². The molecule has 0 amide bonds. The molecule has 0 atom stereocenters. The first-order valence-electron chi connectivity index (χ1n) is 13.2. The standard InChI is InChI=1S/C27H39N7O3/c1-4-5-6-8-30-25-24-21(31-26(28)32-25)7-10-34(24)15-20-22(35-2)12-19(13-23(20)36-3)14-33-17-27(18-33)16-29-9-11-37-27/h7,10,12-13,29H,4-6,8-9,11,14-18H2,1-3H3,(H3,28,30,31,32). The summed E-state index contributed by atoms with van der Waals surface area (Å²) < 4.78 is 19.9. The molecule has 0 saturated carbocycles. The van der Waals surface area contributed by atoms with Crippen molar-refractivity contribution in [2.75, 3.05) is 64.6 Å². The van der Waals surface area contributed by atoms with E-state index >= 15 is 0 Å². The van der Waals surface area contributed by atoms with Crippen LogP contribution in [0.1, 0.15) is 37.3 Å². The average Bonchev–Trinajstić information content (AvgIpc) is 3.29. The summed E-state index contributed by atoms with van der Waals surface area (Å²) >= 11 is 0. The van der Waals surface area contributed by atoms with Crippen LogP contribution in [0.15, 0.2) is 24.4 Å². The molecule has 10 nitrogen and oxygen atoms in total. The summed E-state index contributed by atoms with van der Waals surface area (Å²) in [6.45, 7) is 8.91. The summed E-state index contributed by atoms with van der Waals surface area (Å²) in [5.74, 6) is 2.63. The lowest BCUT2D eigenvalue weighted by Crippen LogP contribution is -2.69. The third-order valence-electron chi connectivity index (χ3n) is 7.26. The van der Waals surface area contributed by atoms with Crippen LogP contribution >= 0.6 is 0 Å². The summed E-state index contributed by atoms with van der Waals surface area (Å²) in [6, 6.07) is 6.21. The van der Waals surface area contributed by atoms with Gasteiger partial charge in [0.05, 0.1) is 38.5 Å². The molecule has 5 rings (SSSR count). The van der Waals surface area contributed by atoms with Crippen molar-refractivity contribution in [2.45, 2.75) is 44.9 Å². The Morgan fingerprint density at radius 1 is 1.14 bits per heavy atom. The molecule has 37 heavy (non-hydrogen) atoms. The van der Waals surface area contributed by atoms with Crippen molar-refractivity contribution in [3.63, 3.8) is 0 Å². The van der Waals surface area contributed by atoms with Gasteiger partial charge >= 0.3 is 0 Å². The zero-order valence-electron chi connectivity index (χ0n) is 22.2. The first-order valence-corrected chi connectivity index (χ1v) is 13.2. The van der Waals surface area contributed by atoms with E-state index in [-0.39, 0.29) is 11.5 Å². The molecule has 2 fully saturated rings. The molecule has 4 N–H and O–H groups in total. The minimum atomic E-state index is -0.0322. The normalized spacial score (nSPS) is 17.2. The predicted octanol–water partition coefficient (Wildman–Crippen LogP) is 2.86. The second kappa shape index (κ2) is 11.1. The largest absolute Gasteiger partial charge is 0.496 e. The zero-order chi connectivity index (χ0) is 25.8. The molecular weight excluding hydrogens is 470 g/mol. The summed E-state index contributed by atoms with van der Waals surface area (Å²) in [5, 5.41) is 6.92. The Kier molecular flexibility index (Phi) is 7.68. The molecule has 2 aliphatic heterocycles. The van der Waals surface area contributed by atoms with Gasteiger partial charge in [-0.05, 0) is 30.2 Å². The lowest BCUT2D eigenvalue weighted by atomic mass is 9.92. The second-order valence-corrected chi connectivity index (χ2v) is 10.1. The number of likely N-dealkylation sites (tertiary alicyclic amines) is 1. The smallest absolute Gasteiger partial charge is 0.222 e. The van der Waals surface area contributed by atoms with E-state index in [1.54, 1.807) is 14.2 Å². The van der Waals surface area contributed by atoms with E-state index in [2.05, 4.69) is 49.1 Å². The Morgan fingerprint density at radius 2 is 1.92 bits per heavy atom. The summed E-state index contributed by atoms with van der Waals surface area (Å²) in [5.41, 5.74) is 9.83. The number of methoxy groups -OCH3 is 2. The highest BCUT2D eigenvalue weighted by molar-refractivity contribution is 5.87. The molecule has 200 valence electrons. The van der Waals surface area contributed by atoms with Crippen LogP contribution in [0.2, 0.25) is 0 Å². The van der Waals surface area contributed by atoms with E-state index in [1.165, 1.54) is 12.8 Å². The zero-order valence-corrected chi connectivity index (χ0v) is 22.2. The molecule has 4 heterocycles. The Balaban J connectivity index is 1.37. The van der Waals surface area contributed by atoms with Gasteiger partial charge in [0.2, 0.25) is 5.95 Å². The number of rotatable bonds is 11. The van der Waals surface area contributed by atoms with Crippen LogP contribution in [-0.2, 0) is 17.8 Å². The monoisotopic (exact) mass is 509 g/mol. The number of hydrogen-bond donors (Lipinski definition) is 3. The summed E-state index contributed by atoms with van der Waals surface area (Å²) in [4.78, 5) is 11.4. The summed E-state index contributed by atoms with van der Waals surface area (Å²) in [7, 11) is 3.42. The molecule has 1 spiro atoms. The van der Waals surface area contributed by atoms with Gasteiger partial charge in [-0.3, -0.25) is 4.90 Å². The third-order valence-corrected chi connectivity index (χ3v) is 7.26. The number of aromatic nitrogens is 3. The number of unbranched alkanes of at least 4 members (excludes halogenated alkanes) is 2. The van der Waals surface area contributed by atoms with Crippen LogP contribution < -0.4 is 25.8 Å². The van der Waals surface area contributed by atoms with E-state index in [0.717, 1.165) is 91.8 Å². The fraction of sp³-hybridized carbons (Fsp3) is 0.556. The molecule has 10 heteroatoms. The molecule has 0 unspecified atom stereocenters. The minimum absolute atomic E-state index is 0.0322. The number of ether oxygens (including phenoxy) is 3. The molecule has 3 aromatic rings. The first kappa shape index (κ1) is 25.6. The van der Waals surface area contributed by atoms with E-state index in [4.69, 9.17) is 19.9 Å². The van der Waals surface area contributed by atoms with Gasteiger partial charge in [0, 0.05) is 45.5 Å². The van der Waals surface area contributed by atoms with Crippen molar-refractivity contribution in [3.8, 4) is 11.5 Å². The number of morpholine rings is 1. The van der Waals surface area contributed by atoms with E-state index < -0.39 is 0 Å². The molecular formula is C27H39N7O3. The highest BCUT2D eigenvalue weighted by Gasteiger charge is 2.44. The lowest BCUT2D eigenvalue weighted by Gasteiger charge is -2.51. The van der Waals surface area contributed by atoms with Crippen molar-refractivity contribution in [3.05, 3.63) is 35.5 Å². The maximum absolute atomic E-state index is 6.05. The number of nitrogens with zero attached hydrogens (tertiary/aromatic N) is 4. The van der Waals surface area contributed by atoms with E-state index in [9.17, 15) is 0 Å². The highest BCUT2D eigenvalue weighted by Crippen LogP contribution is 2.35. The van der Waals surface area contributed by atoms with Crippen LogP contribution in [0, 0.1) is 0 Å².